The second-order valence-corrected chi connectivity index (χ2v) is 39.5. The number of para-hydroxylation sites is 6. The van der Waals surface area contributed by atoms with Gasteiger partial charge in [-0.2, -0.15) is 0 Å². The lowest BCUT2D eigenvalue weighted by atomic mass is 9.70. The highest BCUT2D eigenvalue weighted by molar-refractivity contribution is 6.15. The van der Waals surface area contributed by atoms with E-state index >= 15 is 0 Å². The molecule has 0 spiro atoms. The van der Waals surface area contributed by atoms with Gasteiger partial charge in [0.2, 0.25) is 0 Å². The van der Waals surface area contributed by atoms with E-state index in [2.05, 4.69) is 514 Å². The molecule has 2 unspecified atom stereocenters. The van der Waals surface area contributed by atoms with Gasteiger partial charge in [0.05, 0.1) is 83.8 Å². The van der Waals surface area contributed by atoms with E-state index in [9.17, 15) is 0 Å². The Bertz CT molecular complexity index is 8940. The van der Waals surface area contributed by atoms with E-state index in [0.29, 0.717) is 52.5 Å². The van der Waals surface area contributed by atoms with Crippen molar-refractivity contribution in [3.8, 4) is 56.5 Å². The molecule has 0 saturated carbocycles. The first-order valence-corrected chi connectivity index (χ1v) is 51.8. The van der Waals surface area contributed by atoms with Gasteiger partial charge < -0.3 is 47.0 Å². The number of hydrogen-bond donors (Lipinski definition) is 0. The van der Waals surface area contributed by atoms with E-state index in [1.165, 1.54) is 88.0 Å². The summed E-state index contributed by atoms with van der Waals surface area (Å²) >= 11 is 0. The molecule has 10 nitrogen and oxygen atoms in total. The first-order chi connectivity index (χ1) is 74.2. The van der Waals surface area contributed by atoms with E-state index in [4.69, 9.17) is 18.9 Å². The molecule has 2 atom stereocenters. The van der Waals surface area contributed by atoms with Crippen LogP contribution in [0.1, 0.15) is 79.6 Å². The standard InChI is InChI=1S/C140H104N6O4/c1-3-95-57-71-113(72-58-95)149-83-81-139(101-29-9-5-10-30-101)127-43-23-17-37-115(127)117-75-65-109(87-129(117)139)141(111-67-77-123-119-39-19-25-45-131(119)145(137(123)89-111)103-33-13-7-14-34-103)107-69-79-135-125(85-107)121-41-21-27-47-133(121)143(135)105-61-53-99(54-62-105)93-147-91-97-49-51-98(52-50-97)92-148-94-100-55-63-106(64-56-100)144-134-48-28-22-42-122(134)126-86-108(70-80-136(126)144)142(112-68-78-124-120-40-20-26-46-132(120)146(138(124)90-112)104-35-15-8-16-36-104)110-66-76-118-116-38-18-24-44-128(116)140(130(118)88-110,102-31-11-6-12-32-102)82-84-150-114-73-59-96(4-2)60-74-114/h3-80,85-90H,1-2,81-84,91-94H2. The summed E-state index contributed by atoms with van der Waals surface area (Å²) in [4.78, 5) is 4.96. The fourth-order valence-electron chi connectivity index (χ4n) is 24.3. The summed E-state index contributed by atoms with van der Waals surface area (Å²) < 4.78 is 36.2. The van der Waals surface area contributed by atoms with Crippen LogP contribution in [0.15, 0.2) is 511 Å². The largest absolute Gasteiger partial charge is 0.494 e. The Hall–Kier alpha value is -18.6. The van der Waals surface area contributed by atoms with Crippen LogP contribution in [0.25, 0.3) is 144 Å². The summed E-state index contributed by atoms with van der Waals surface area (Å²) in [5.41, 5.74) is 37.5. The number of aromatic nitrogens is 4. The first kappa shape index (κ1) is 90.2. The first-order valence-electron chi connectivity index (χ1n) is 51.8. The maximum Gasteiger partial charge on any atom is 0.119 e. The van der Waals surface area contributed by atoms with Crippen LogP contribution in [-0.4, -0.2) is 31.5 Å². The predicted molar refractivity (Wildman–Crippen MR) is 620 cm³/mol. The molecule has 150 heavy (non-hydrogen) atoms. The van der Waals surface area contributed by atoms with E-state index in [1.807, 2.05) is 36.4 Å². The Morgan fingerprint density at radius 2 is 0.487 bits per heavy atom. The maximum absolute atomic E-state index is 6.75. The highest BCUT2D eigenvalue weighted by Crippen LogP contribution is 2.59. The van der Waals surface area contributed by atoms with Gasteiger partial charge in [0.25, 0.3) is 0 Å². The minimum atomic E-state index is -0.553. The molecular weight excluding hydrogens is 1830 g/mol. The second kappa shape index (κ2) is 38.1. The van der Waals surface area contributed by atoms with Crippen LogP contribution in [0, 0.1) is 0 Å². The summed E-state index contributed by atoms with van der Waals surface area (Å²) in [5.74, 6) is 1.66. The number of ether oxygens (including phenoxy) is 4. The number of anilines is 6. The normalized spacial score (nSPS) is 14.0. The fourth-order valence-corrected chi connectivity index (χ4v) is 24.3. The smallest absolute Gasteiger partial charge is 0.119 e. The van der Waals surface area contributed by atoms with E-state index < -0.39 is 10.8 Å². The molecule has 25 aromatic rings. The van der Waals surface area contributed by atoms with Gasteiger partial charge in [-0.3, -0.25) is 0 Å². The Kier molecular flexibility index (Phi) is 22.9. The lowest BCUT2D eigenvalue weighted by Gasteiger charge is -2.34. The Morgan fingerprint density at radius 3 is 0.860 bits per heavy atom. The summed E-state index contributed by atoms with van der Waals surface area (Å²) in [6.07, 6.45) is 5.14. The SMILES string of the molecule is C=Cc1ccc(OCCC2(c3ccccc3)c3ccccc3-c3ccc(N(c4ccc5c(c4)c4ccccc4n5-c4ccc(COCc5ccc(COCc6ccc(-n7c8ccccc8c8cc(N(c9ccc%10c(c9)C(CCOc9ccc(C=C)cc9)(c9ccccc9)c9ccccc9-%10)c9ccc%10c%11ccccc%11n(-c%11ccccc%11)c%10c9)ccc87)cc6)cc5)cc4)c4ccc5c6ccccc6n(-c6ccccc6)c5c4)cc32)cc1. The van der Waals surface area contributed by atoms with Crippen molar-refractivity contribution in [1.82, 2.24) is 18.3 Å². The highest BCUT2D eigenvalue weighted by atomic mass is 16.5. The third-order valence-corrected chi connectivity index (χ3v) is 31.2. The summed E-state index contributed by atoms with van der Waals surface area (Å²) in [6.45, 7) is 10.8. The monoisotopic (exact) mass is 1930 g/mol. The minimum absolute atomic E-state index is 0.461. The number of nitrogens with zero attached hydrogens (tertiary/aromatic N) is 6. The van der Waals surface area contributed by atoms with Gasteiger partial charge in [0.15, 0.2) is 0 Å². The molecule has 0 bridgehead atoms. The lowest BCUT2D eigenvalue weighted by molar-refractivity contribution is 0.105. The second-order valence-electron chi connectivity index (χ2n) is 39.5. The van der Waals surface area contributed by atoms with Crippen molar-refractivity contribution in [2.45, 2.75) is 50.1 Å². The molecule has 27 rings (SSSR count). The van der Waals surface area contributed by atoms with Gasteiger partial charge >= 0.3 is 0 Å². The maximum atomic E-state index is 6.75. The zero-order valence-electron chi connectivity index (χ0n) is 82.9. The molecule has 0 fully saturated rings. The highest BCUT2D eigenvalue weighted by Gasteiger charge is 2.47. The van der Waals surface area contributed by atoms with Gasteiger partial charge in [0.1, 0.15) is 11.5 Å². The van der Waals surface area contributed by atoms with E-state index in [1.54, 1.807) is 0 Å². The van der Waals surface area contributed by atoms with Crippen molar-refractivity contribution in [3.63, 3.8) is 0 Å². The number of benzene rings is 21. The molecule has 0 aliphatic heterocycles. The van der Waals surface area contributed by atoms with E-state index in [-0.39, 0.29) is 0 Å². The Morgan fingerprint density at radius 1 is 0.213 bits per heavy atom. The Labute approximate surface area is 871 Å². The number of fused-ring (bicyclic) bond motifs is 18. The van der Waals surface area contributed by atoms with Crippen molar-refractivity contribution >= 4 is 133 Å². The van der Waals surface area contributed by atoms with Crippen molar-refractivity contribution in [1.29, 1.82) is 0 Å². The minimum Gasteiger partial charge on any atom is -0.494 e. The number of rotatable bonds is 30. The quantitative estimate of drug-likeness (QED) is 0.0447. The zero-order chi connectivity index (χ0) is 99.7. The molecule has 0 radical (unpaired) electrons. The summed E-state index contributed by atoms with van der Waals surface area (Å²) in [6, 6.07) is 182. The molecule has 0 amide bonds. The molecule has 0 saturated heterocycles. The zero-order valence-corrected chi connectivity index (χ0v) is 82.9. The summed E-state index contributed by atoms with van der Waals surface area (Å²) in [5, 5.41) is 9.43. The lowest BCUT2D eigenvalue weighted by Crippen LogP contribution is -2.29. The van der Waals surface area contributed by atoms with Crippen LogP contribution in [0.2, 0.25) is 0 Å². The van der Waals surface area contributed by atoms with Gasteiger partial charge in [-0.25, -0.2) is 0 Å². The van der Waals surface area contributed by atoms with Gasteiger partial charge in [0, 0.05) is 111 Å². The molecular formula is C140H104N6O4. The molecule has 2 aliphatic carbocycles. The van der Waals surface area contributed by atoms with Crippen LogP contribution in [-0.2, 0) is 46.7 Å². The average molecular weight is 1930 g/mol. The molecule has 718 valence electrons. The van der Waals surface area contributed by atoms with Crippen LogP contribution < -0.4 is 19.3 Å². The average Bonchev–Trinajstić information content (AvgIpc) is 1.55. The predicted octanol–water partition coefficient (Wildman–Crippen LogP) is 35.3. The van der Waals surface area contributed by atoms with Crippen LogP contribution >= 0.6 is 0 Å². The van der Waals surface area contributed by atoms with Crippen LogP contribution in [0.5, 0.6) is 11.5 Å². The van der Waals surface area contributed by atoms with E-state index in [0.717, 1.165) is 157 Å². The third-order valence-electron chi connectivity index (χ3n) is 31.2. The molecule has 10 heteroatoms. The van der Waals surface area contributed by atoms with Crippen LogP contribution in [0.3, 0.4) is 0 Å². The Balaban J connectivity index is 0.447. The number of hydrogen-bond acceptors (Lipinski definition) is 6. The fraction of sp³-hybridized carbons (Fsp3) is 0.0714. The van der Waals surface area contributed by atoms with Gasteiger partial charge in [-0.05, 0) is 284 Å². The van der Waals surface area contributed by atoms with Crippen molar-refractivity contribution < 1.29 is 18.9 Å². The third kappa shape index (κ3) is 15.6. The van der Waals surface area contributed by atoms with Gasteiger partial charge in [-0.1, -0.05) is 341 Å². The van der Waals surface area contributed by atoms with Crippen LogP contribution in [0.4, 0.5) is 34.1 Å². The summed E-state index contributed by atoms with van der Waals surface area (Å²) in [7, 11) is 0. The van der Waals surface area contributed by atoms with Crippen molar-refractivity contribution in [3.05, 3.63) is 577 Å². The van der Waals surface area contributed by atoms with Crippen molar-refractivity contribution in [2.24, 2.45) is 0 Å². The molecule has 2 aliphatic rings. The topological polar surface area (TPSA) is 63.1 Å². The molecule has 4 aromatic heterocycles. The molecule has 0 N–H and O–H groups in total. The molecule has 21 aromatic carbocycles. The molecule has 4 heterocycles. The van der Waals surface area contributed by atoms with Crippen molar-refractivity contribution in [2.75, 3.05) is 23.0 Å². The van der Waals surface area contributed by atoms with Gasteiger partial charge in [-0.15, -0.1) is 0 Å².